The first kappa shape index (κ1) is 22.3. The third kappa shape index (κ3) is 6.85. The SMILES string of the molecule is Cc1cc(C(=O)NCc2ccc(OC(F)(F)F)c(F)c2)cc(CC(=O)C(C)C)n1. The minimum Gasteiger partial charge on any atom is -0.403 e. The number of carbonyl (C=O) groups is 2. The number of rotatable bonds is 7. The van der Waals surface area contributed by atoms with Gasteiger partial charge in [0.25, 0.3) is 5.91 Å². The second kappa shape index (κ2) is 9.02. The molecule has 0 aliphatic heterocycles. The Morgan fingerprint density at radius 3 is 2.45 bits per heavy atom. The molecule has 0 saturated carbocycles. The molecule has 0 radical (unpaired) electrons. The number of aromatic nitrogens is 1. The second-order valence-corrected chi connectivity index (χ2v) is 6.78. The molecule has 0 fully saturated rings. The van der Waals surface area contributed by atoms with Gasteiger partial charge in [0.1, 0.15) is 5.78 Å². The van der Waals surface area contributed by atoms with Gasteiger partial charge in [-0.05, 0) is 36.8 Å². The Balaban J connectivity index is 2.06. The standard InChI is InChI=1S/C20H20F4N2O3/c1-11(2)17(27)9-15-8-14(6-12(3)26-15)19(28)25-10-13-4-5-18(16(21)7-13)29-20(22,23)24/h4-8,11H,9-10H2,1-3H3,(H,25,28). The van der Waals surface area contributed by atoms with Crippen LogP contribution in [0.25, 0.3) is 0 Å². The van der Waals surface area contributed by atoms with Gasteiger partial charge in [-0.2, -0.15) is 0 Å². The molecule has 1 aromatic carbocycles. The molecule has 9 heteroatoms. The van der Waals surface area contributed by atoms with Crippen molar-refractivity contribution in [3.05, 3.63) is 58.7 Å². The van der Waals surface area contributed by atoms with E-state index >= 15 is 0 Å². The topological polar surface area (TPSA) is 68.3 Å². The molecule has 156 valence electrons. The van der Waals surface area contributed by atoms with E-state index in [4.69, 9.17) is 0 Å². The highest BCUT2D eigenvalue weighted by atomic mass is 19.4. The van der Waals surface area contributed by atoms with Crippen LogP contribution in [-0.4, -0.2) is 23.0 Å². The highest BCUT2D eigenvalue weighted by Crippen LogP contribution is 2.26. The van der Waals surface area contributed by atoms with Crippen LogP contribution in [0.5, 0.6) is 5.75 Å². The fourth-order valence-corrected chi connectivity index (χ4v) is 2.49. The molecule has 1 N–H and O–H groups in total. The normalized spacial score (nSPS) is 11.4. The molecule has 0 aliphatic carbocycles. The summed E-state index contributed by atoms with van der Waals surface area (Å²) in [6, 6.07) is 5.96. The molecule has 0 unspecified atom stereocenters. The van der Waals surface area contributed by atoms with Crippen molar-refractivity contribution in [2.24, 2.45) is 5.92 Å². The van der Waals surface area contributed by atoms with E-state index in [9.17, 15) is 27.2 Å². The first-order valence-electron chi connectivity index (χ1n) is 8.77. The Bertz CT molecular complexity index is 911. The molecule has 1 heterocycles. The van der Waals surface area contributed by atoms with Crippen LogP contribution in [-0.2, 0) is 17.8 Å². The first-order valence-corrected chi connectivity index (χ1v) is 8.77. The van der Waals surface area contributed by atoms with Crippen molar-refractivity contribution < 1.29 is 31.9 Å². The summed E-state index contributed by atoms with van der Waals surface area (Å²) in [6.07, 6.45) is -4.89. The van der Waals surface area contributed by atoms with Crippen molar-refractivity contribution in [3.63, 3.8) is 0 Å². The summed E-state index contributed by atoms with van der Waals surface area (Å²) in [5.74, 6) is -2.79. The van der Waals surface area contributed by atoms with E-state index < -0.39 is 23.8 Å². The summed E-state index contributed by atoms with van der Waals surface area (Å²) in [5.41, 5.74) is 1.56. The molecule has 0 saturated heterocycles. The first-order chi connectivity index (χ1) is 13.4. The molecule has 0 aliphatic rings. The smallest absolute Gasteiger partial charge is 0.403 e. The maximum absolute atomic E-state index is 13.7. The van der Waals surface area contributed by atoms with E-state index in [1.807, 2.05) is 0 Å². The lowest BCUT2D eigenvalue weighted by molar-refractivity contribution is -0.275. The summed E-state index contributed by atoms with van der Waals surface area (Å²) in [7, 11) is 0. The van der Waals surface area contributed by atoms with Crippen LogP contribution < -0.4 is 10.1 Å². The van der Waals surface area contributed by atoms with E-state index in [0.29, 0.717) is 11.4 Å². The number of hydrogen-bond donors (Lipinski definition) is 1. The lowest BCUT2D eigenvalue weighted by Gasteiger charge is -2.11. The van der Waals surface area contributed by atoms with Gasteiger partial charge >= 0.3 is 6.36 Å². The molecular weight excluding hydrogens is 392 g/mol. The van der Waals surface area contributed by atoms with Gasteiger partial charge in [0.05, 0.1) is 0 Å². The third-order valence-corrected chi connectivity index (χ3v) is 3.94. The van der Waals surface area contributed by atoms with E-state index in [0.717, 1.165) is 12.1 Å². The fraction of sp³-hybridized carbons (Fsp3) is 0.350. The molecule has 1 aromatic heterocycles. The van der Waals surface area contributed by atoms with Crippen LogP contribution in [0.2, 0.25) is 0 Å². The van der Waals surface area contributed by atoms with E-state index in [-0.39, 0.29) is 35.8 Å². The molecule has 5 nitrogen and oxygen atoms in total. The number of benzene rings is 1. The van der Waals surface area contributed by atoms with Gasteiger partial charge in [-0.1, -0.05) is 19.9 Å². The highest BCUT2D eigenvalue weighted by molar-refractivity contribution is 5.94. The molecule has 1 amide bonds. The van der Waals surface area contributed by atoms with Crippen molar-refractivity contribution in [2.45, 2.75) is 40.1 Å². The maximum atomic E-state index is 13.7. The van der Waals surface area contributed by atoms with Crippen LogP contribution in [0.15, 0.2) is 30.3 Å². The van der Waals surface area contributed by atoms with Crippen molar-refractivity contribution in [2.75, 3.05) is 0 Å². The minimum atomic E-state index is -5.00. The third-order valence-electron chi connectivity index (χ3n) is 3.94. The zero-order chi connectivity index (χ0) is 21.8. The number of Topliss-reactive ketones (excluding diaryl/α,β-unsaturated/α-hetero) is 1. The summed E-state index contributed by atoms with van der Waals surface area (Å²) in [6.45, 7) is 5.13. The Labute approximate surface area is 165 Å². The molecule has 0 bridgehead atoms. The second-order valence-electron chi connectivity index (χ2n) is 6.78. The summed E-state index contributed by atoms with van der Waals surface area (Å²) in [5, 5.41) is 2.56. The monoisotopic (exact) mass is 412 g/mol. The van der Waals surface area contributed by atoms with Gasteiger partial charge < -0.3 is 10.1 Å². The van der Waals surface area contributed by atoms with Crippen LogP contribution in [0.1, 0.15) is 41.2 Å². The molecule has 29 heavy (non-hydrogen) atoms. The predicted octanol–water partition coefficient (Wildman–Crippen LogP) is 4.13. The fourth-order valence-electron chi connectivity index (χ4n) is 2.49. The zero-order valence-corrected chi connectivity index (χ0v) is 16.1. The largest absolute Gasteiger partial charge is 0.573 e. The number of amides is 1. The molecule has 0 spiro atoms. The maximum Gasteiger partial charge on any atom is 0.573 e. The Morgan fingerprint density at radius 1 is 1.17 bits per heavy atom. The zero-order valence-electron chi connectivity index (χ0n) is 16.1. The lowest BCUT2D eigenvalue weighted by Crippen LogP contribution is -2.24. The van der Waals surface area contributed by atoms with Gasteiger partial charge in [0.15, 0.2) is 11.6 Å². The number of aryl methyl sites for hydroxylation is 1. The van der Waals surface area contributed by atoms with Crippen LogP contribution >= 0.6 is 0 Å². The molecule has 2 aromatic rings. The number of carbonyl (C=O) groups excluding carboxylic acids is 2. The van der Waals surface area contributed by atoms with Gasteiger partial charge in [-0.3, -0.25) is 14.6 Å². The van der Waals surface area contributed by atoms with Crippen molar-refractivity contribution >= 4 is 11.7 Å². The Morgan fingerprint density at radius 2 is 1.86 bits per heavy atom. The molecule has 2 rings (SSSR count). The van der Waals surface area contributed by atoms with Gasteiger partial charge in [-0.15, -0.1) is 13.2 Å². The number of hydrogen-bond acceptors (Lipinski definition) is 4. The summed E-state index contributed by atoms with van der Waals surface area (Å²) >= 11 is 0. The molecule has 0 atom stereocenters. The van der Waals surface area contributed by atoms with Crippen molar-refractivity contribution in [1.82, 2.24) is 10.3 Å². The average molecular weight is 412 g/mol. The highest BCUT2D eigenvalue weighted by Gasteiger charge is 2.32. The van der Waals surface area contributed by atoms with E-state index in [2.05, 4.69) is 15.0 Å². The van der Waals surface area contributed by atoms with Crippen LogP contribution in [0.4, 0.5) is 17.6 Å². The Hall–Kier alpha value is -2.97. The summed E-state index contributed by atoms with van der Waals surface area (Å²) in [4.78, 5) is 28.5. The quantitative estimate of drug-likeness (QED) is 0.695. The van der Waals surface area contributed by atoms with E-state index in [1.54, 1.807) is 26.8 Å². The number of pyridine rings is 1. The van der Waals surface area contributed by atoms with E-state index in [1.165, 1.54) is 12.1 Å². The Kier molecular flexibility index (Phi) is 6.94. The average Bonchev–Trinajstić information content (AvgIpc) is 2.60. The van der Waals surface area contributed by atoms with Crippen LogP contribution in [0.3, 0.4) is 0 Å². The van der Waals surface area contributed by atoms with Crippen molar-refractivity contribution in [1.29, 1.82) is 0 Å². The number of alkyl halides is 3. The number of nitrogens with zero attached hydrogens (tertiary/aromatic N) is 1. The number of ether oxygens (including phenoxy) is 1. The number of ketones is 1. The predicted molar refractivity (Wildman–Crippen MR) is 96.8 cm³/mol. The van der Waals surface area contributed by atoms with Crippen LogP contribution in [0, 0.1) is 18.7 Å². The number of nitrogens with one attached hydrogen (secondary N) is 1. The summed E-state index contributed by atoms with van der Waals surface area (Å²) < 4.78 is 53.8. The number of halogens is 4. The minimum absolute atomic E-state index is 0.00824. The van der Waals surface area contributed by atoms with Gasteiger partial charge in [-0.25, -0.2) is 4.39 Å². The van der Waals surface area contributed by atoms with Gasteiger partial charge in [0, 0.05) is 35.8 Å². The van der Waals surface area contributed by atoms with Crippen molar-refractivity contribution in [3.8, 4) is 5.75 Å². The lowest BCUT2D eigenvalue weighted by atomic mass is 10.0. The molecular formula is C20H20F4N2O3. The van der Waals surface area contributed by atoms with Gasteiger partial charge in [0.2, 0.25) is 0 Å².